The van der Waals surface area contributed by atoms with Crippen LogP contribution in [0.3, 0.4) is 0 Å². The summed E-state index contributed by atoms with van der Waals surface area (Å²) in [5.74, 6) is 0.450. The van der Waals surface area contributed by atoms with Gasteiger partial charge in [-0.3, -0.25) is 15.0 Å². The van der Waals surface area contributed by atoms with Crippen molar-refractivity contribution in [2.75, 3.05) is 13.1 Å². The maximum absolute atomic E-state index is 11.6. The summed E-state index contributed by atoms with van der Waals surface area (Å²) in [6, 6.07) is -0.209. The quantitative estimate of drug-likeness (QED) is 0.773. The number of hydrogen-bond acceptors (Lipinski definition) is 3. The molecule has 0 aliphatic heterocycles. The number of nitrogens with zero attached hydrogens (tertiary/aromatic N) is 1. The minimum absolute atomic E-state index is 0.273. The summed E-state index contributed by atoms with van der Waals surface area (Å²) in [6.07, 6.45) is 8.89. The molecule has 0 bridgehead atoms. The lowest BCUT2D eigenvalue weighted by molar-refractivity contribution is -0.121. The van der Waals surface area contributed by atoms with E-state index in [0.717, 1.165) is 12.5 Å². The van der Waals surface area contributed by atoms with Gasteiger partial charge in [0.1, 0.15) is 0 Å². The number of hydrogen-bond donors (Lipinski definition) is 2. The molecule has 102 valence electrons. The van der Waals surface area contributed by atoms with Crippen LogP contribution in [0.2, 0.25) is 0 Å². The van der Waals surface area contributed by atoms with Crippen LogP contribution in [-0.2, 0) is 4.79 Å². The third-order valence-corrected chi connectivity index (χ3v) is 3.89. The van der Waals surface area contributed by atoms with Crippen molar-refractivity contribution in [2.24, 2.45) is 11.7 Å². The number of urea groups is 1. The summed E-state index contributed by atoms with van der Waals surface area (Å²) in [5, 5.41) is 2.15. The van der Waals surface area contributed by atoms with Gasteiger partial charge in [0, 0.05) is 12.6 Å². The van der Waals surface area contributed by atoms with Crippen molar-refractivity contribution in [3.63, 3.8) is 0 Å². The first kappa shape index (κ1) is 13.3. The van der Waals surface area contributed by atoms with Crippen LogP contribution in [0.4, 0.5) is 4.79 Å². The van der Waals surface area contributed by atoms with E-state index in [0.29, 0.717) is 12.6 Å². The summed E-state index contributed by atoms with van der Waals surface area (Å²) >= 11 is 0. The lowest BCUT2D eigenvalue weighted by Gasteiger charge is -2.29. The van der Waals surface area contributed by atoms with Crippen LogP contribution in [0.1, 0.15) is 44.9 Å². The smallest absolute Gasteiger partial charge is 0.318 e. The van der Waals surface area contributed by atoms with Gasteiger partial charge >= 0.3 is 6.03 Å². The third-order valence-electron chi connectivity index (χ3n) is 3.89. The molecule has 3 amide bonds. The third kappa shape index (κ3) is 4.29. The minimum Gasteiger partial charge on any atom is -0.351 e. The molecule has 5 heteroatoms. The van der Waals surface area contributed by atoms with Crippen LogP contribution in [-0.4, -0.2) is 36.0 Å². The number of primary amides is 1. The predicted molar refractivity (Wildman–Crippen MR) is 68.9 cm³/mol. The van der Waals surface area contributed by atoms with Gasteiger partial charge in [-0.2, -0.15) is 0 Å². The Labute approximate surface area is 108 Å². The SMILES string of the molecule is NC(=O)NC(=O)CN(CC1CCCCC1)C1CC1. The van der Waals surface area contributed by atoms with E-state index in [1.807, 2.05) is 0 Å². The fourth-order valence-corrected chi connectivity index (χ4v) is 2.85. The summed E-state index contributed by atoms with van der Waals surface area (Å²) in [5.41, 5.74) is 4.96. The Morgan fingerprint density at radius 1 is 1.11 bits per heavy atom. The summed E-state index contributed by atoms with van der Waals surface area (Å²) in [7, 11) is 0. The molecule has 0 aromatic heterocycles. The van der Waals surface area contributed by atoms with Gasteiger partial charge in [0.2, 0.25) is 5.91 Å². The Morgan fingerprint density at radius 3 is 2.33 bits per heavy atom. The van der Waals surface area contributed by atoms with E-state index in [2.05, 4.69) is 10.2 Å². The van der Waals surface area contributed by atoms with Gasteiger partial charge < -0.3 is 5.73 Å². The van der Waals surface area contributed by atoms with Crippen LogP contribution in [0, 0.1) is 5.92 Å². The lowest BCUT2D eigenvalue weighted by Crippen LogP contribution is -2.44. The van der Waals surface area contributed by atoms with Crippen LogP contribution in [0.15, 0.2) is 0 Å². The van der Waals surface area contributed by atoms with Gasteiger partial charge in [-0.05, 0) is 31.6 Å². The Kier molecular flexibility index (Phi) is 4.58. The molecule has 0 unspecified atom stereocenters. The highest BCUT2D eigenvalue weighted by Gasteiger charge is 2.32. The number of rotatable bonds is 5. The van der Waals surface area contributed by atoms with Gasteiger partial charge in [-0.1, -0.05) is 19.3 Å². The molecule has 0 aromatic carbocycles. The molecule has 2 fully saturated rings. The van der Waals surface area contributed by atoms with Gasteiger partial charge in [0.05, 0.1) is 6.54 Å². The van der Waals surface area contributed by atoms with Crippen molar-refractivity contribution >= 4 is 11.9 Å². The fraction of sp³-hybridized carbons (Fsp3) is 0.846. The highest BCUT2D eigenvalue weighted by molar-refractivity contribution is 5.94. The molecule has 0 radical (unpaired) electrons. The molecule has 5 nitrogen and oxygen atoms in total. The second-order valence-corrected chi connectivity index (χ2v) is 5.58. The molecule has 3 N–H and O–H groups in total. The van der Waals surface area contributed by atoms with Crippen LogP contribution in [0.5, 0.6) is 0 Å². The van der Waals surface area contributed by atoms with Gasteiger partial charge in [0.25, 0.3) is 0 Å². The Hall–Kier alpha value is -1.10. The summed E-state index contributed by atoms with van der Waals surface area (Å²) in [6.45, 7) is 1.31. The van der Waals surface area contributed by atoms with Crippen LogP contribution in [0.25, 0.3) is 0 Å². The van der Waals surface area contributed by atoms with E-state index in [4.69, 9.17) is 5.73 Å². The maximum atomic E-state index is 11.6. The van der Waals surface area contributed by atoms with Crippen molar-refractivity contribution in [2.45, 2.75) is 51.0 Å². The minimum atomic E-state index is -0.756. The molecule has 2 aliphatic rings. The van der Waals surface area contributed by atoms with Gasteiger partial charge in [-0.15, -0.1) is 0 Å². The average Bonchev–Trinajstić information content (AvgIpc) is 3.12. The number of amides is 3. The van der Waals surface area contributed by atoms with Crippen LogP contribution < -0.4 is 11.1 Å². The predicted octanol–water partition coefficient (Wildman–Crippen LogP) is 1.23. The fourth-order valence-electron chi connectivity index (χ4n) is 2.85. The number of nitrogens with two attached hydrogens (primary N) is 1. The van der Waals surface area contributed by atoms with E-state index in [9.17, 15) is 9.59 Å². The molecule has 2 aliphatic carbocycles. The topological polar surface area (TPSA) is 75.4 Å². The number of carbonyl (C=O) groups excluding carboxylic acids is 2. The van der Waals surface area contributed by atoms with Crippen molar-refractivity contribution < 1.29 is 9.59 Å². The first-order valence-electron chi connectivity index (χ1n) is 6.98. The second-order valence-electron chi connectivity index (χ2n) is 5.58. The normalized spacial score (nSPS) is 20.9. The summed E-state index contributed by atoms with van der Waals surface area (Å²) in [4.78, 5) is 24.5. The van der Waals surface area contributed by atoms with Gasteiger partial charge in [0.15, 0.2) is 0 Å². The zero-order valence-electron chi connectivity index (χ0n) is 10.9. The monoisotopic (exact) mass is 253 g/mol. The zero-order chi connectivity index (χ0) is 13.0. The standard InChI is InChI=1S/C13H23N3O2/c14-13(18)15-12(17)9-16(11-6-7-11)8-10-4-2-1-3-5-10/h10-11H,1-9H2,(H3,14,15,17,18). The lowest BCUT2D eigenvalue weighted by atomic mass is 9.89. The highest BCUT2D eigenvalue weighted by atomic mass is 16.2. The molecule has 0 aromatic rings. The first-order valence-corrected chi connectivity index (χ1v) is 6.98. The maximum Gasteiger partial charge on any atom is 0.318 e. The molecule has 2 rings (SSSR count). The van der Waals surface area contributed by atoms with E-state index in [-0.39, 0.29) is 5.91 Å². The molecule has 2 saturated carbocycles. The van der Waals surface area contributed by atoms with E-state index in [1.165, 1.54) is 44.9 Å². The van der Waals surface area contributed by atoms with E-state index >= 15 is 0 Å². The second kappa shape index (κ2) is 6.18. The molecule has 0 spiro atoms. The van der Waals surface area contributed by atoms with Crippen molar-refractivity contribution in [3.05, 3.63) is 0 Å². The molecular weight excluding hydrogens is 230 g/mol. The van der Waals surface area contributed by atoms with E-state index in [1.54, 1.807) is 0 Å². The number of nitrogens with one attached hydrogen (secondary N) is 1. The Balaban J connectivity index is 1.79. The molecule has 0 heterocycles. The largest absolute Gasteiger partial charge is 0.351 e. The Morgan fingerprint density at radius 2 is 1.78 bits per heavy atom. The average molecular weight is 253 g/mol. The number of imide groups is 1. The van der Waals surface area contributed by atoms with Crippen molar-refractivity contribution in [1.29, 1.82) is 0 Å². The van der Waals surface area contributed by atoms with E-state index < -0.39 is 6.03 Å². The highest BCUT2D eigenvalue weighted by Crippen LogP contribution is 2.30. The van der Waals surface area contributed by atoms with Crippen molar-refractivity contribution in [3.8, 4) is 0 Å². The Bertz CT molecular complexity index is 309. The van der Waals surface area contributed by atoms with Crippen LogP contribution >= 0.6 is 0 Å². The molecule has 18 heavy (non-hydrogen) atoms. The molecule has 0 atom stereocenters. The number of carbonyl (C=O) groups is 2. The zero-order valence-corrected chi connectivity index (χ0v) is 10.9. The van der Waals surface area contributed by atoms with Gasteiger partial charge in [-0.25, -0.2) is 4.79 Å². The molecular formula is C13H23N3O2. The molecule has 0 saturated heterocycles. The summed E-state index contributed by atoms with van der Waals surface area (Å²) < 4.78 is 0. The van der Waals surface area contributed by atoms with Crippen molar-refractivity contribution in [1.82, 2.24) is 10.2 Å². The first-order chi connectivity index (χ1) is 8.65.